The predicted octanol–water partition coefficient (Wildman–Crippen LogP) is 4.30. The molecule has 2 aliphatic heterocycles. The van der Waals surface area contributed by atoms with Gasteiger partial charge in [0.2, 0.25) is 0 Å². The van der Waals surface area contributed by atoms with Crippen molar-refractivity contribution in [3.05, 3.63) is 40.7 Å². The Morgan fingerprint density at radius 1 is 1.11 bits per heavy atom. The molecule has 2 amide bonds. The van der Waals surface area contributed by atoms with Gasteiger partial charge >= 0.3 is 12.2 Å². The molecular weight excluding hydrogens is 502 g/mol. The third-order valence-electron chi connectivity index (χ3n) is 9.31. The largest absolute Gasteiger partial charge is 0.419 e. The Morgan fingerprint density at radius 3 is 2.32 bits per heavy atom. The van der Waals surface area contributed by atoms with E-state index in [-0.39, 0.29) is 34.5 Å². The number of aromatic nitrogens is 4. The Kier molecular flexibility index (Phi) is 4.81. The number of amides is 2. The summed E-state index contributed by atoms with van der Waals surface area (Å²) in [4.78, 5) is 24.8. The third kappa shape index (κ3) is 3.76. The van der Waals surface area contributed by atoms with E-state index in [0.29, 0.717) is 37.9 Å². The first-order valence-electron chi connectivity index (χ1n) is 13.1. The summed E-state index contributed by atoms with van der Waals surface area (Å²) >= 11 is 0. The number of alkyl halides is 4. The number of nitrogens with one attached hydrogen (secondary N) is 1. The number of likely N-dealkylation sites (tertiary alicyclic amines) is 2. The topological polar surface area (TPSA) is 102 Å². The molecule has 38 heavy (non-hydrogen) atoms. The maximum atomic E-state index is 14.2. The highest BCUT2D eigenvalue weighted by molar-refractivity contribution is 5.77. The second-order valence-electron chi connectivity index (χ2n) is 12.4. The van der Waals surface area contributed by atoms with Crippen molar-refractivity contribution in [2.75, 3.05) is 26.2 Å². The number of urea groups is 1. The van der Waals surface area contributed by atoms with Crippen molar-refractivity contribution in [1.82, 2.24) is 30.0 Å². The quantitative estimate of drug-likeness (QED) is 0.595. The molecule has 3 aliphatic carbocycles. The van der Waals surface area contributed by atoms with Crippen molar-refractivity contribution >= 4 is 6.03 Å². The molecule has 2 saturated heterocycles. The van der Waals surface area contributed by atoms with E-state index in [0.717, 1.165) is 50.7 Å². The van der Waals surface area contributed by atoms with E-state index in [4.69, 9.17) is 5.26 Å². The van der Waals surface area contributed by atoms with Crippen LogP contribution in [-0.2, 0) is 18.3 Å². The van der Waals surface area contributed by atoms with Crippen LogP contribution in [0.15, 0.2) is 12.3 Å². The number of rotatable bonds is 4. The summed E-state index contributed by atoms with van der Waals surface area (Å²) in [5.74, 6) is 1.54. The smallest absolute Gasteiger partial charge is 0.323 e. The Hall–Kier alpha value is -3.23. The van der Waals surface area contributed by atoms with Crippen LogP contribution in [0.25, 0.3) is 0 Å². The summed E-state index contributed by atoms with van der Waals surface area (Å²) < 4.78 is 53.8. The first-order chi connectivity index (χ1) is 18.0. The lowest BCUT2D eigenvalue weighted by atomic mass is 9.56. The number of nitriles is 1. The molecule has 0 aromatic carbocycles. The standard InChI is InChI=1S/C26H27F4N7O/c27-25(1-2-25)21-33-20(34-35-21)17-7-24(8-17)13-37(14-24)22(38)36-11-23(12-36)5-16(6-23)3-15-4-18(26(28,29)30)19(9-31)32-10-15/h4,10,16-17H,1-3,5-8,11-14H2,(H,33,34,35). The number of aromatic amines is 1. The maximum absolute atomic E-state index is 14.2. The van der Waals surface area contributed by atoms with E-state index in [1.807, 2.05) is 9.80 Å². The molecule has 5 aliphatic rings. The van der Waals surface area contributed by atoms with Crippen LogP contribution >= 0.6 is 0 Å². The second-order valence-corrected chi connectivity index (χ2v) is 12.4. The van der Waals surface area contributed by atoms with Crippen molar-refractivity contribution in [1.29, 1.82) is 5.26 Å². The molecule has 2 spiro atoms. The Balaban J connectivity index is 0.860. The molecule has 2 aromatic heterocycles. The van der Waals surface area contributed by atoms with E-state index in [1.54, 1.807) is 0 Å². The fourth-order valence-corrected chi connectivity index (χ4v) is 7.25. The highest BCUT2D eigenvalue weighted by Crippen LogP contribution is 2.57. The van der Waals surface area contributed by atoms with Crippen LogP contribution in [0.4, 0.5) is 22.4 Å². The molecule has 2 aromatic rings. The van der Waals surface area contributed by atoms with Gasteiger partial charge in [-0.3, -0.25) is 5.10 Å². The number of carbonyl (C=O) groups is 1. The van der Waals surface area contributed by atoms with Gasteiger partial charge in [-0.2, -0.15) is 23.5 Å². The molecule has 7 rings (SSSR count). The molecule has 200 valence electrons. The van der Waals surface area contributed by atoms with Gasteiger partial charge in [0.15, 0.2) is 17.2 Å². The van der Waals surface area contributed by atoms with Crippen molar-refractivity contribution in [3.63, 3.8) is 0 Å². The molecule has 1 N–H and O–H groups in total. The lowest BCUT2D eigenvalue weighted by molar-refractivity contribution is -0.138. The van der Waals surface area contributed by atoms with Gasteiger partial charge in [0.25, 0.3) is 0 Å². The fourth-order valence-electron chi connectivity index (χ4n) is 7.25. The number of carbonyl (C=O) groups excluding carboxylic acids is 1. The molecular formula is C26H27F4N7O. The van der Waals surface area contributed by atoms with Crippen molar-refractivity contribution < 1.29 is 22.4 Å². The van der Waals surface area contributed by atoms with Crippen LogP contribution in [0.5, 0.6) is 0 Å². The van der Waals surface area contributed by atoms with Gasteiger partial charge < -0.3 is 9.80 Å². The molecule has 4 heterocycles. The molecule has 0 radical (unpaired) electrons. The van der Waals surface area contributed by atoms with Crippen LogP contribution in [0, 0.1) is 28.1 Å². The minimum Gasteiger partial charge on any atom is -0.323 e. The van der Waals surface area contributed by atoms with Gasteiger partial charge in [-0.1, -0.05) is 0 Å². The average molecular weight is 530 g/mol. The monoisotopic (exact) mass is 529 g/mol. The van der Waals surface area contributed by atoms with Gasteiger partial charge in [0, 0.05) is 49.1 Å². The number of hydrogen-bond acceptors (Lipinski definition) is 5. The summed E-state index contributed by atoms with van der Waals surface area (Å²) in [6.45, 7) is 2.85. The number of hydrogen-bond donors (Lipinski definition) is 1. The zero-order valence-electron chi connectivity index (χ0n) is 20.7. The minimum atomic E-state index is -4.60. The van der Waals surface area contributed by atoms with Crippen LogP contribution < -0.4 is 0 Å². The third-order valence-corrected chi connectivity index (χ3v) is 9.31. The van der Waals surface area contributed by atoms with Crippen LogP contribution in [0.2, 0.25) is 0 Å². The Labute approximate surface area is 216 Å². The number of pyridine rings is 1. The normalized spacial score (nSPS) is 24.8. The molecule has 0 bridgehead atoms. The van der Waals surface area contributed by atoms with Crippen molar-refractivity contribution in [2.45, 2.75) is 62.7 Å². The lowest BCUT2D eigenvalue weighted by Gasteiger charge is -2.63. The predicted molar refractivity (Wildman–Crippen MR) is 124 cm³/mol. The highest BCUT2D eigenvalue weighted by atomic mass is 19.4. The molecule has 12 heteroatoms. The first-order valence-corrected chi connectivity index (χ1v) is 13.1. The van der Waals surface area contributed by atoms with Crippen molar-refractivity contribution in [3.8, 4) is 6.07 Å². The Morgan fingerprint density at radius 2 is 1.74 bits per heavy atom. The van der Waals surface area contributed by atoms with E-state index < -0.39 is 23.1 Å². The summed E-state index contributed by atoms with van der Waals surface area (Å²) in [5, 5.41) is 15.9. The number of halogens is 4. The summed E-state index contributed by atoms with van der Waals surface area (Å²) in [6.07, 6.45) is 1.85. The van der Waals surface area contributed by atoms with Crippen LogP contribution in [0.1, 0.15) is 72.9 Å². The minimum absolute atomic E-state index is 0.0642. The van der Waals surface area contributed by atoms with Crippen LogP contribution in [0.3, 0.4) is 0 Å². The SMILES string of the molecule is N#Cc1ncc(CC2CC3(C2)CN(C(=O)N2CC4(CC(c5nc(C6(F)CC6)n[nH]5)C4)C2)C3)cc1C(F)(F)F. The van der Waals surface area contributed by atoms with Crippen LogP contribution in [-0.4, -0.2) is 62.2 Å². The Bertz CT molecular complexity index is 1330. The molecule has 3 saturated carbocycles. The average Bonchev–Trinajstić information content (AvgIpc) is 3.32. The van der Waals surface area contributed by atoms with Gasteiger partial charge in [-0.25, -0.2) is 19.2 Å². The maximum Gasteiger partial charge on any atom is 0.419 e. The number of H-pyrrole nitrogens is 1. The first kappa shape index (κ1) is 23.9. The van der Waals surface area contributed by atoms with E-state index in [2.05, 4.69) is 20.2 Å². The molecule has 8 nitrogen and oxygen atoms in total. The molecule has 0 atom stereocenters. The number of nitrogens with zero attached hydrogens (tertiary/aromatic N) is 6. The van der Waals surface area contributed by atoms with Gasteiger partial charge in [-0.15, -0.1) is 0 Å². The fraction of sp³-hybridized carbons (Fsp3) is 0.654. The van der Waals surface area contributed by atoms with Gasteiger partial charge in [-0.05, 0) is 62.5 Å². The van der Waals surface area contributed by atoms with E-state index in [1.165, 1.54) is 12.3 Å². The zero-order valence-corrected chi connectivity index (χ0v) is 20.7. The van der Waals surface area contributed by atoms with Crippen molar-refractivity contribution in [2.24, 2.45) is 16.7 Å². The summed E-state index contributed by atoms with van der Waals surface area (Å²) in [6, 6.07) is 2.62. The van der Waals surface area contributed by atoms with E-state index in [9.17, 15) is 22.4 Å². The summed E-state index contributed by atoms with van der Waals surface area (Å²) in [5.41, 5.74) is -2.20. The molecule has 0 unspecified atom stereocenters. The second kappa shape index (κ2) is 7.67. The lowest BCUT2D eigenvalue weighted by Crippen LogP contribution is -2.70. The summed E-state index contributed by atoms with van der Waals surface area (Å²) in [7, 11) is 0. The van der Waals surface area contributed by atoms with E-state index >= 15 is 0 Å². The zero-order chi connectivity index (χ0) is 26.5. The highest BCUT2D eigenvalue weighted by Gasteiger charge is 2.59. The van der Waals surface area contributed by atoms with Gasteiger partial charge in [0.1, 0.15) is 11.9 Å². The molecule has 5 fully saturated rings. The van der Waals surface area contributed by atoms with Gasteiger partial charge in [0.05, 0.1) is 5.56 Å².